The average molecular weight is 335 g/mol. The third-order valence-corrected chi connectivity index (χ3v) is 3.71. The van der Waals surface area contributed by atoms with Gasteiger partial charge in [0.2, 0.25) is 5.91 Å². The second kappa shape index (κ2) is 8.12. The minimum absolute atomic E-state index is 0.0178. The van der Waals surface area contributed by atoms with E-state index >= 15 is 0 Å². The Hall–Kier alpha value is -2.12. The fourth-order valence-corrected chi connectivity index (χ4v) is 2.59. The van der Waals surface area contributed by atoms with Gasteiger partial charge in [0.25, 0.3) is 5.91 Å². The first kappa shape index (κ1) is 18.2. The molecular weight excluding hydrogens is 310 g/mol. The Kier molecular flexibility index (Phi) is 6.16. The molecule has 2 amide bonds. The van der Waals surface area contributed by atoms with Gasteiger partial charge in [-0.1, -0.05) is 0 Å². The van der Waals surface area contributed by atoms with E-state index in [1.165, 1.54) is 7.11 Å². The maximum absolute atomic E-state index is 12.5. The van der Waals surface area contributed by atoms with Crippen LogP contribution in [0.15, 0.2) is 18.2 Å². The van der Waals surface area contributed by atoms with Gasteiger partial charge in [-0.25, -0.2) is 0 Å². The second-order valence-corrected chi connectivity index (χ2v) is 6.07. The van der Waals surface area contributed by atoms with Gasteiger partial charge in [-0.05, 0) is 52.2 Å². The molecule has 1 aliphatic rings. The number of hydrogen-bond donors (Lipinski definition) is 1. The number of carbonyl (C=O) groups is 2. The summed E-state index contributed by atoms with van der Waals surface area (Å²) in [5.41, 5.74) is 1.30. The molecule has 0 bridgehead atoms. The van der Waals surface area contributed by atoms with Crippen LogP contribution in [0.5, 0.6) is 5.75 Å². The predicted octanol–water partition coefficient (Wildman–Crippen LogP) is 1.34. The van der Waals surface area contributed by atoms with Gasteiger partial charge in [-0.15, -0.1) is 0 Å². The fourth-order valence-electron chi connectivity index (χ4n) is 2.59. The number of nitrogens with one attached hydrogen (secondary N) is 1. The smallest absolute Gasteiger partial charge is 0.267 e. The number of hydrogen-bond acceptors (Lipinski definition) is 5. The topological polar surface area (TPSA) is 71.1 Å². The zero-order valence-corrected chi connectivity index (χ0v) is 14.7. The van der Waals surface area contributed by atoms with Crippen molar-refractivity contribution in [3.63, 3.8) is 0 Å². The van der Waals surface area contributed by atoms with Gasteiger partial charge in [-0.3, -0.25) is 9.59 Å². The Balaban J connectivity index is 2.20. The van der Waals surface area contributed by atoms with Crippen molar-refractivity contribution in [2.45, 2.75) is 19.4 Å². The highest BCUT2D eigenvalue weighted by molar-refractivity contribution is 6.01. The first-order chi connectivity index (χ1) is 11.4. The quantitative estimate of drug-likeness (QED) is 0.814. The van der Waals surface area contributed by atoms with Gasteiger partial charge in [0.05, 0.1) is 5.69 Å². The lowest BCUT2D eigenvalue weighted by molar-refractivity contribution is -0.125. The van der Waals surface area contributed by atoms with Crippen molar-refractivity contribution in [2.75, 3.05) is 51.1 Å². The summed E-state index contributed by atoms with van der Waals surface area (Å²) in [5, 5.41) is 2.75. The van der Waals surface area contributed by atoms with Crippen molar-refractivity contribution in [1.82, 2.24) is 4.90 Å². The van der Waals surface area contributed by atoms with E-state index in [1.54, 1.807) is 30.0 Å². The zero-order chi connectivity index (χ0) is 17.7. The predicted molar refractivity (Wildman–Crippen MR) is 92.6 cm³/mol. The molecule has 7 heteroatoms. The van der Waals surface area contributed by atoms with E-state index in [9.17, 15) is 9.59 Å². The van der Waals surface area contributed by atoms with E-state index in [2.05, 4.69) is 10.2 Å². The molecule has 2 rings (SSSR count). The number of methoxy groups -OCH3 is 1. The molecule has 0 fully saturated rings. The van der Waals surface area contributed by atoms with Gasteiger partial charge < -0.3 is 24.6 Å². The van der Waals surface area contributed by atoms with Gasteiger partial charge in [0.15, 0.2) is 6.10 Å². The summed E-state index contributed by atoms with van der Waals surface area (Å²) in [6.07, 6.45) is 0.344. The molecule has 1 unspecified atom stereocenters. The maximum Gasteiger partial charge on any atom is 0.267 e. The van der Waals surface area contributed by atoms with Crippen molar-refractivity contribution in [3.8, 4) is 5.75 Å². The summed E-state index contributed by atoms with van der Waals surface area (Å²) < 4.78 is 10.5. The SMILES string of the molecule is COCC(=O)Nc1ccc2c(c1)N(CCCN(C)C)C(=O)C(C)O2. The molecule has 0 spiro atoms. The van der Waals surface area contributed by atoms with Crippen molar-refractivity contribution in [1.29, 1.82) is 0 Å². The maximum atomic E-state index is 12.5. The molecule has 1 aliphatic heterocycles. The Labute approximate surface area is 142 Å². The molecule has 0 saturated heterocycles. The Bertz CT molecular complexity index is 603. The van der Waals surface area contributed by atoms with Gasteiger partial charge >= 0.3 is 0 Å². The highest BCUT2D eigenvalue weighted by Gasteiger charge is 2.31. The van der Waals surface area contributed by atoms with E-state index in [1.807, 2.05) is 14.1 Å². The number of carbonyl (C=O) groups excluding carboxylic acids is 2. The van der Waals surface area contributed by atoms with Crippen LogP contribution in [0.3, 0.4) is 0 Å². The number of anilines is 2. The zero-order valence-electron chi connectivity index (χ0n) is 14.7. The average Bonchev–Trinajstić information content (AvgIpc) is 2.51. The summed E-state index contributed by atoms with van der Waals surface area (Å²) in [6, 6.07) is 5.30. The third kappa shape index (κ3) is 4.46. The molecule has 0 saturated carbocycles. The van der Waals surface area contributed by atoms with Gasteiger partial charge in [-0.2, -0.15) is 0 Å². The highest BCUT2D eigenvalue weighted by atomic mass is 16.5. The summed E-state index contributed by atoms with van der Waals surface area (Å²) in [6.45, 7) is 3.22. The lowest BCUT2D eigenvalue weighted by Crippen LogP contribution is -2.45. The number of rotatable bonds is 7. The lowest BCUT2D eigenvalue weighted by atomic mass is 10.1. The van der Waals surface area contributed by atoms with Crippen LogP contribution in [0, 0.1) is 0 Å². The molecule has 132 valence electrons. The first-order valence-electron chi connectivity index (χ1n) is 7.98. The molecule has 0 radical (unpaired) electrons. The largest absolute Gasteiger partial charge is 0.479 e. The monoisotopic (exact) mass is 335 g/mol. The molecule has 7 nitrogen and oxygen atoms in total. The van der Waals surface area contributed by atoms with Crippen LogP contribution in [0.1, 0.15) is 13.3 Å². The lowest BCUT2D eigenvalue weighted by Gasteiger charge is -2.33. The van der Waals surface area contributed by atoms with Crippen LogP contribution in [0.2, 0.25) is 0 Å². The molecule has 0 aromatic heterocycles. The summed E-state index contributed by atoms with van der Waals surface area (Å²) in [4.78, 5) is 28.0. The number of ether oxygens (including phenoxy) is 2. The summed E-state index contributed by atoms with van der Waals surface area (Å²) >= 11 is 0. The normalized spacial score (nSPS) is 16.8. The van der Waals surface area contributed by atoms with E-state index < -0.39 is 6.10 Å². The van der Waals surface area contributed by atoms with Crippen LogP contribution >= 0.6 is 0 Å². The Morgan fingerprint density at radius 1 is 1.42 bits per heavy atom. The van der Waals surface area contributed by atoms with Crippen LogP contribution in [-0.4, -0.2) is 63.7 Å². The van der Waals surface area contributed by atoms with E-state index in [0.717, 1.165) is 13.0 Å². The highest BCUT2D eigenvalue weighted by Crippen LogP contribution is 2.36. The number of nitrogens with zero attached hydrogens (tertiary/aromatic N) is 2. The molecule has 24 heavy (non-hydrogen) atoms. The van der Waals surface area contributed by atoms with Crippen molar-refractivity contribution in [3.05, 3.63) is 18.2 Å². The minimum Gasteiger partial charge on any atom is -0.479 e. The standard InChI is InChI=1S/C17H25N3O4/c1-12-17(22)20(9-5-8-19(2)3)14-10-13(6-7-15(14)24-12)18-16(21)11-23-4/h6-7,10,12H,5,8-9,11H2,1-4H3,(H,18,21). The molecule has 1 heterocycles. The fraction of sp³-hybridized carbons (Fsp3) is 0.529. The third-order valence-electron chi connectivity index (χ3n) is 3.71. The van der Waals surface area contributed by atoms with Crippen molar-refractivity contribution in [2.24, 2.45) is 0 Å². The molecule has 1 aromatic carbocycles. The number of amides is 2. The van der Waals surface area contributed by atoms with Crippen LogP contribution in [0.4, 0.5) is 11.4 Å². The number of benzene rings is 1. The van der Waals surface area contributed by atoms with Crippen LogP contribution in [0.25, 0.3) is 0 Å². The minimum atomic E-state index is -0.509. The van der Waals surface area contributed by atoms with E-state index in [-0.39, 0.29) is 18.4 Å². The molecule has 1 N–H and O–H groups in total. The van der Waals surface area contributed by atoms with Crippen LogP contribution in [-0.2, 0) is 14.3 Å². The molecule has 0 aliphatic carbocycles. The van der Waals surface area contributed by atoms with Gasteiger partial charge in [0, 0.05) is 19.3 Å². The summed E-state index contributed by atoms with van der Waals surface area (Å²) in [7, 11) is 5.47. The summed E-state index contributed by atoms with van der Waals surface area (Å²) in [5.74, 6) is 0.339. The molecule has 1 aromatic rings. The Morgan fingerprint density at radius 3 is 2.83 bits per heavy atom. The first-order valence-corrected chi connectivity index (χ1v) is 7.98. The Morgan fingerprint density at radius 2 is 2.17 bits per heavy atom. The van der Waals surface area contributed by atoms with E-state index in [4.69, 9.17) is 9.47 Å². The van der Waals surface area contributed by atoms with Crippen molar-refractivity contribution >= 4 is 23.2 Å². The second-order valence-electron chi connectivity index (χ2n) is 6.07. The van der Waals surface area contributed by atoms with E-state index in [0.29, 0.717) is 23.7 Å². The number of fused-ring (bicyclic) bond motifs is 1. The molecule has 1 atom stereocenters. The van der Waals surface area contributed by atoms with Gasteiger partial charge in [0.1, 0.15) is 12.4 Å². The van der Waals surface area contributed by atoms with Crippen LogP contribution < -0.4 is 15.0 Å². The molecular formula is C17H25N3O4. The van der Waals surface area contributed by atoms with Crippen molar-refractivity contribution < 1.29 is 19.1 Å².